The molecule has 2 aromatic carbocycles. The molecule has 3 heterocycles. The van der Waals surface area contributed by atoms with E-state index in [9.17, 15) is 24.3 Å². The molecule has 3 saturated heterocycles. The molecular weight excluding hydrogens is 626 g/mol. The maximum atomic E-state index is 14.7. The number of benzene rings is 2. The van der Waals surface area contributed by atoms with Crippen LogP contribution in [-0.2, 0) is 28.7 Å². The lowest BCUT2D eigenvalue weighted by Gasteiger charge is -2.37. The predicted octanol–water partition coefficient (Wildman–Crippen LogP) is 4.12. The van der Waals surface area contributed by atoms with Crippen molar-refractivity contribution in [3.8, 4) is 5.75 Å². The van der Waals surface area contributed by atoms with Gasteiger partial charge in [-0.2, -0.15) is 0 Å². The van der Waals surface area contributed by atoms with Gasteiger partial charge in [0, 0.05) is 31.8 Å². The van der Waals surface area contributed by atoms with Crippen molar-refractivity contribution in [1.29, 1.82) is 0 Å². The summed E-state index contributed by atoms with van der Waals surface area (Å²) in [5.74, 6) is -2.71. The number of likely N-dealkylation sites (tertiary alicyclic amines) is 1. The Labute approximate surface area is 287 Å². The zero-order valence-corrected chi connectivity index (χ0v) is 28.3. The second-order valence-electron chi connectivity index (χ2n) is 12.9. The molecule has 0 aromatic heterocycles. The van der Waals surface area contributed by atoms with Gasteiger partial charge in [0.05, 0.1) is 31.1 Å². The Balaban J connectivity index is 1.46. The lowest BCUT2D eigenvalue weighted by atomic mass is 9.70. The van der Waals surface area contributed by atoms with Crippen LogP contribution in [0.5, 0.6) is 5.75 Å². The highest BCUT2D eigenvalue weighted by Crippen LogP contribution is 2.59. The van der Waals surface area contributed by atoms with Crippen molar-refractivity contribution in [1.82, 2.24) is 10.2 Å². The molecule has 7 atom stereocenters. The van der Waals surface area contributed by atoms with Gasteiger partial charge in [-0.15, -0.1) is 13.2 Å². The number of aliphatic hydroxyl groups is 1. The van der Waals surface area contributed by atoms with E-state index in [1.807, 2.05) is 30.3 Å². The minimum absolute atomic E-state index is 0.0552. The Morgan fingerprint density at radius 3 is 2.51 bits per heavy atom. The van der Waals surface area contributed by atoms with Crippen LogP contribution in [0.25, 0.3) is 0 Å². The van der Waals surface area contributed by atoms with E-state index >= 15 is 0 Å². The smallest absolute Gasteiger partial charge is 0.313 e. The lowest BCUT2D eigenvalue weighted by Crippen LogP contribution is -2.56. The van der Waals surface area contributed by atoms with Gasteiger partial charge < -0.3 is 34.4 Å². The third-order valence-electron chi connectivity index (χ3n) is 9.86. The van der Waals surface area contributed by atoms with Gasteiger partial charge >= 0.3 is 5.97 Å². The van der Waals surface area contributed by atoms with E-state index < -0.39 is 47.7 Å². The SMILES string of the molecule is C=CCCC(=O)N[C@H](C)[C@@H](OC(=O)[C@@H]1[C@H]2C(=O)N(CCCCO)[C@H](C(=O)N(CC=C)c3ccc(OC)cc3)[C@]23CC[C@H]1O3)c1ccccc1. The molecule has 2 aromatic rings. The number of amides is 3. The lowest BCUT2D eigenvalue weighted by molar-refractivity contribution is -0.162. The number of nitrogens with one attached hydrogen (secondary N) is 1. The number of methoxy groups -OCH3 is 1. The number of ether oxygens (including phenoxy) is 3. The number of anilines is 1. The highest BCUT2D eigenvalue weighted by atomic mass is 16.6. The fourth-order valence-corrected chi connectivity index (χ4v) is 7.64. The normalized spacial score (nSPS) is 24.9. The van der Waals surface area contributed by atoms with Gasteiger partial charge in [0.15, 0.2) is 0 Å². The fourth-order valence-electron chi connectivity index (χ4n) is 7.64. The third-order valence-corrected chi connectivity index (χ3v) is 9.86. The Hall–Kier alpha value is -4.48. The van der Waals surface area contributed by atoms with E-state index in [1.165, 1.54) is 0 Å². The van der Waals surface area contributed by atoms with Crippen molar-refractivity contribution < 1.29 is 38.5 Å². The number of allylic oxidation sites excluding steroid dienone is 1. The monoisotopic (exact) mass is 673 g/mol. The average Bonchev–Trinajstić information content (AvgIpc) is 3.76. The molecular formula is C38H47N3O8. The predicted molar refractivity (Wildman–Crippen MR) is 183 cm³/mol. The van der Waals surface area contributed by atoms with Crippen molar-refractivity contribution in [2.24, 2.45) is 11.8 Å². The maximum Gasteiger partial charge on any atom is 0.313 e. The first-order chi connectivity index (χ1) is 23.7. The molecule has 2 N–H and O–H groups in total. The summed E-state index contributed by atoms with van der Waals surface area (Å²) in [5, 5.41) is 12.5. The summed E-state index contributed by atoms with van der Waals surface area (Å²) >= 11 is 0. The van der Waals surface area contributed by atoms with Gasteiger partial charge in [-0.1, -0.05) is 42.5 Å². The van der Waals surface area contributed by atoms with Gasteiger partial charge in [-0.05, 0) is 68.9 Å². The summed E-state index contributed by atoms with van der Waals surface area (Å²) in [6.45, 7) is 9.66. The summed E-state index contributed by atoms with van der Waals surface area (Å²) in [5.41, 5.74) is 0.0641. The van der Waals surface area contributed by atoms with Gasteiger partial charge in [0.25, 0.3) is 5.91 Å². The second kappa shape index (κ2) is 15.8. The fraction of sp³-hybridized carbons (Fsp3) is 0.474. The molecule has 5 rings (SSSR count). The Morgan fingerprint density at radius 2 is 1.86 bits per heavy atom. The molecule has 3 aliphatic heterocycles. The van der Waals surface area contributed by atoms with Crippen LogP contribution >= 0.6 is 0 Å². The first-order valence-electron chi connectivity index (χ1n) is 17.0. The number of carbonyl (C=O) groups is 4. The Kier molecular flexibility index (Phi) is 11.6. The Morgan fingerprint density at radius 1 is 1.12 bits per heavy atom. The van der Waals surface area contributed by atoms with Gasteiger partial charge in [0.2, 0.25) is 11.8 Å². The number of aliphatic hydroxyl groups excluding tert-OH is 1. The largest absolute Gasteiger partial charge is 0.497 e. The molecule has 49 heavy (non-hydrogen) atoms. The highest BCUT2D eigenvalue weighted by Gasteiger charge is 2.75. The molecule has 262 valence electrons. The van der Waals surface area contributed by atoms with Crippen molar-refractivity contribution >= 4 is 29.4 Å². The highest BCUT2D eigenvalue weighted by molar-refractivity contribution is 6.04. The number of hydrogen-bond donors (Lipinski definition) is 2. The van der Waals surface area contributed by atoms with Crippen LogP contribution in [0, 0.1) is 11.8 Å². The summed E-state index contributed by atoms with van der Waals surface area (Å²) in [7, 11) is 1.56. The quantitative estimate of drug-likeness (QED) is 0.146. The zero-order chi connectivity index (χ0) is 35.1. The number of hydrogen-bond acceptors (Lipinski definition) is 8. The number of nitrogens with zero attached hydrogens (tertiary/aromatic N) is 2. The van der Waals surface area contributed by atoms with Crippen molar-refractivity contribution in [2.75, 3.05) is 31.7 Å². The number of carbonyl (C=O) groups excluding carboxylic acids is 4. The molecule has 0 radical (unpaired) electrons. The van der Waals surface area contributed by atoms with E-state index in [-0.39, 0.29) is 43.8 Å². The van der Waals surface area contributed by atoms with E-state index in [1.54, 1.807) is 60.3 Å². The maximum absolute atomic E-state index is 14.7. The second-order valence-corrected chi connectivity index (χ2v) is 12.9. The minimum atomic E-state index is -1.24. The molecule has 11 heteroatoms. The molecule has 0 unspecified atom stereocenters. The average molecular weight is 674 g/mol. The van der Waals surface area contributed by atoms with Crippen molar-refractivity contribution in [2.45, 2.75) is 75.3 Å². The molecule has 1 spiro atoms. The van der Waals surface area contributed by atoms with Crippen LogP contribution in [0.2, 0.25) is 0 Å². The van der Waals surface area contributed by atoms with Gasteiger partial charge in [0.1, 0.15) is 23.5 Å². The number of rotatable bonds is 17. The number of fused-ring (bicyclic) bond motifs is 1. The van der Waals surface area contributed by atoms with Gasteiger partial charge in [-0.25, -0.2) is 0 Å². The Bertz CT molecular complexity index is 1510. The van der Waals surface area contributed by atoms with Crippen molar-refractivity contribution in [3.05, 3.63) is 85.5 Å². The van der Waals surface area contributed by atoms with Crippen LogP contribution < -0.4 is 15.0 Å². The van der Waals surface area contributed by atoms with Crippen LogP contribution in [0.1, 0.15) is 57.1 Å². The zero-order valence-electron chi connectivity index (χ0n) is 28.3. The van der Waals surface area contributed by atoms with Crippen LogP contribution in [0.3, 0.4) is 0 Å². The van der Waals surface area contributed by atoms with Crippen LogP contribution in [0.4, 0.5) is 5.69 Å². The number of esters is 1. The third kappa shape index (κ3) is 7.14. The molecule has 3 fully saturated rings. The topological polar surface area (TPSA) is 135 Å². The molecule has 0 aliphatic carbocycles. The summed E-state index contributed by atoms with van der Waals surface area (Å²) in [6, 6.07) is 14.7. The van der Waals surface area contributed by atoms with E-state index in [2.05, 4.69) is 18.5 Å². The minimum Gasteiger partial charge on any atom is -0.497 e. The first kappa shape index (κ1) is 35.8. The van der Waals surface area contributed by atoms with E-state index in [4.69, 9.17) is 14.2 Å². The number of unbranched alkanes of at least 4 members (excludes halogenated alkanes) is 1. The molecule has 11 nitrogen and oxygen atoms in total. The molecule has 3 amide bonds. The molecule has 2 bridgehead atoms. The summed E-state index contributed by atoms with van der Waals surface area (Å²) in [4.78, 5) is 59.1. The van der Waals surface area contributed by atoms with Crippen LogP contribution in [0.15, 0.2) is 79.9 Å². The standard InChI is InChI=1S/C38H47N3O8/c1-5-7-15-30(43)39-25(3)33(26-13-9-8-10-14-26)48-37(46)31-29-20-21-38(49-29)32(31)35(44)41(23-11-12-24-42)34(38)36(45)40(22-6-2)27-16-18-28(47-4)19-17-27/h5-6,8-10,13-14,16-19,25,29,31-34,42H,1-2,7,11-12,15,20-24H2,3-4H3,(H,39,43)/t25-,29-,31+,32+,33-,34-,38+/m1/s1. The van der Waals surface area contributed by atoms with Crippen LogP contribution in [-0.4, -0.2) is 84.3 Å². The van der Waals surface area contributed by atoms with Crippen molar-refractivity contribution in [3.63, 3.8) is 0 Å². The molecule has 3 aliphatic rings. The van der Waals surface area contributed by atoms with E-state index in [0.717, 1.165) is 0 Å². The first-order valence-corrected chi connectivity index (χ1v) is 17.0. The van der Waals surface area contributed by atoms with E-state index in [0.29, 0.717) is 49.1 Å². The molecule has 0 saturated carbocycles. The summed E-state index contributed by atoms with van der Waals surface area (Å²) in [6.07, 6.45) is 4.43. The summed E-state index contributed by atoms with van der Waals surface area (Å²) < 4.78 is 18.2. The van der Waals surface area contributed by atoms with Gasteiger partial charge in [-0.3, -0.25) is 19.2 Å².